The quantitative estimate of drug-likeness (QED) is 0.340. The first-order valence-electron chi connectivity index (χ1n) is 3.80. The molecule has 0 heterocycles. The molecule has 0 N–H and O–H groups in total. The van der Waals surface area contributed by atoms with Gasteiger partial charge in [0, 0.05) is 6.07 Å². The fourth-order valence-corrected chi connectivity index (χ4v) is 1.11. The maximum atomic E-state index is 12.5. The number of nitro benzene ring substituents is 1. The highest BCUT2D eigenvalue weighted by atomic mass is 19.4. The Hall–Kier alpha value is -2.21. The molecule has 0 radical (unpaired) electrons. The molecular weight excluding hydrogens is 229 g/mol. The summed E-state index contributed by atoms with van der Waals surface area (Å²) in [5.74, 6) is 0. The van der Waals surface area contributed by atoms with Crippen LogP contribution in [0.1, 0.15) is 5.56 Å². The van der Waals surface area contributed by atoms with Crippen LogP contribution in [0.25, 0.3) is 0 Å². The Morgan fingerprint density at radius 1 is 1.38 bits per heavy atom. The Morgan fingerprint density at radius 3 is 2.44 bits per heavy atom. The van der Waals surface area contributed by atoms with Crippen LogP contribution >= 0.6 is 0 Å². The van der Waals surface area contributed by atoms with Gasteiger partial charge in [-0.1, -0.05) is 6.07 Å². The average Bonchev–Trinajstić information content (AvgIpc) is 2.16. The maximum Gasteiger partial charge on any atom is 0.425 e. The summed E-state index contributed by atoms with van der Waals surface area (Å²) < 4.78 is 37.5. The first-order chi connectivity index (χ1) is 7.38. The number of aliphatic imine (C=N–C) groups is 1. The van der Waals surface area contributed by atoms with Crippen LogP contribution in [0.5, 0.6) is 0 Å². The summed E-state index contributed by atoms with van der Waals surface area (Å²) in [5.41, 5.74) is -3.52. The van der Waals surface area contributed by atoms with Gasteiger partial charge in [0.1, 0.15) is 0 Å². The molecule has 1 aromatic carbocycles. The molecule has 84 valence electrons. The molecule has 0 saturated carbocycles. The monoisotopic (exact) mass is 232 g/mol. The van der Waals surface area contributed by atoms with Gasteiger partial charge in [-0.15, -0.1) is 0 Å². The molecule has 0 aliphatic rings. The second-order valence-corrected chi connectivity index (χ2v) is 2.63. The van der Waals surface area contributed by atoms with E-state index in [1.54, 1.807) is 0 Å². The lowest BCUT2D eigenvalue weighted by Crippen LogP contribution is -2.09. The van der Waals surface area contributed by atoms with E-state index < -0.39 is 28.0 Å². The van der Waals surface area contributed by atoms with Crippen molar-refractivity contribution in [1.82, 2.24) is 0 Å². The summed E-state index contributed by atoms with van der Waals surface area (Å²) in [6.07, 6.45) is -4.04. The van der Waals surface area contributed by atoms with Crippen LogP contribution in [0.3, 0.4) is 0 Å². The number of halogens is 3. The van der Waals surface area contributed by atoms with Gasteiger partial charge in [0.25, 0.3) is 5.69 Å². The molecule has 0 atom stereocenters. The van der Waals surface area contributed by atoms with Gasteiger partial charge < -0.3 is 0 Å². The van der Waals surface area contributed by atoms with E-state index >= 15 is 0 Å². The van der Waals surface area contributed by atoms with Crippen molar-refractivity contribution in [3.63, 3.8) is 0 Å². The number of hydrogen-bond donors (Lipinski definition) is 0. The van der Waals surface area contributed by atoms with Gasteiger partial charge in [-0.3, -0.25) is 10.1 Å². The van der Waals surface area contributed by atoms with Crippen molar-refractivity contribution in [2.45, 2.75) is 6.18 Å². The molecule has 0 amide bonds. The zero-order valence-corrected chi connectivity index (χ0v) is 7.49. The molecular formula is C8H3F3N2O3. The lowest BCUT2D eigenvalue weighted by atomic mass is 10.1. The normalized spacial score (nSPS) is 10.7. The minimum absolute atomic E-state index is 0.687. The molecule has 0 fully saturated rings. The standard InChI is InChI=1S/C8H3F3N2O3/c9-8(10,11)7-5(12-4-14)2-1-3-6(7)13(15)16/h1-3H. The minimum atomic E-state index is -4.96. The lowest BCUT2D eigenvalue weighted by Gasteiger charge is -2.08. The van der Waals surface area contributed by atoms with Gasteiger partial charge in [0.05, 0.1) is 10.6 Å². The fraction of sp³-hybridized carbons (Fsp3) is 0.125. The number of hydrogen-bond acceptors (Lipinski definition) is 4. The summed E-state index contributed by atoms with van der Waals surface area (Å²) >= 11 is 0. The molecule has 0 aliphatic carbocycles. The number of alkyl halides is 3. The van der Waals surface area contributed by atoms with Crippen molar-refractivity contribution in [3.05, 3.63) is 33.9 Å². The molecule has 16 heavy (non-hydrogen) atoms. The molecule has 8 heteroatoms. The number of rotatable bonds is 2. The molecule has 0 aromatic heterocycles. The van der Waals surface area contributed by atoms with Crippen molar-refractivity contribution >= 4 is 17.5 Å². The third kappa shape index (κ3) is 2.23. The molecule has 1 rings (SSSR count). The van der Waals surface area contributed by atoms with Gasteiger partial charge in [-0.25, -0.2) is 4.79 Å². The Bertz CT molecular complexity index is 458. The van der Waals surface area contributed by atoms with Gasteiger partial charge in [0.2, 0.25) is 6.08 Å². The van der Waals surface area contributed by atoms with Crippen molar-refractivity contribution in [2.75, 3.05) is 0 Å². The fourth-order valence-electron chi connectivity index (χ4n) is 1.11. The van der Waals surface area contributed by atoms with Crippen LogP contribution in [0.15, 0.2) is 23.2 Å². The summed E-state index contributed by atoms with van der Waals surface area (Å²) in [5, 5.41) is 10.4. The lowest BCUT2D eigenvalue weighted by molar-refractivity contribution is -0.388. The smallest absolute Gasteiger partial charge is 0.258 e. The number of benzene rings is 1. The molecule has 0 saturated heterocycles. The van der Waals surface area contributed by atoms with Crippen LogP contribution in [-0.2, 0) is 11.0 Å². The van der Waals surface area contributed by atoms with Gasteiger partial charge in [-0.05, 0) is 6.07 Å². The van der Waals surface area contributed by atoms with Crippen molar-refractivity contribution in [1.29, 1.82) is 0 Å². The van der Waals surface area contributed by atoms with E-state index in [9.17, 15) is 28.1 Å². The van der Waals surface area contributed by atoms with Crippen LogP contribution < -0.4 is 0 Å². The van der Waals surface area contributed by atoms with Crippen molar-refractivity contribution in [2.24, 2.45) is 4.99 Å². The maximum absolute atomic E-state index is 12.5. The predicted molar refractivity (Wildman–Crippen MR) is 45.9 cm³/mol. The van der Waals surface area contributed by atoms with Crippen molar-refractivity contribution < 1.29 is 22.9 Å². The van der Waals surface area contributed by atoms with Crippen molar-refractivity contribution in [3.8, 4) is 0 Å². The highest BCUT2D eigenvalue weighted by Crippen LogP contribution is 2.41. The third-order valence-corrected chi connectivity index (χ3v) is 1.67. The number of carbonyl (C=O) groups excluding carboxylic acids is 1. The Morgan fingerprint density at radius 2 is 2.00 bits per heavy atom. The zero-order chi connectivity index (χ0) is 12.3. The Labute approximate surface area is 86.4 Å². The SMILES string of the molecule is O=C=Nc1cccc([N+](=O)[O-])c1C(F)(F)F. The van der Waals surface area contributed by atoms with Gasteiger partial charge in [0.15, 0.2) is 5.56 Å². The number of isocyanates is 1. The third-order valence-electron chi connectivity index (χ3n) is 1.67. The van der Waals surface area contributed by atoms with E-state index in [1.165, 1.54) is 0 Å². The average molecular weight is 232 g/mol. The number of nitro groups is 1. The van der Waals surface area contributed by atoms with Gasteiger partial charge >= 0.3 is 6.18 Å². The van der Waals surface area contributed by atoms with E-state index in [0.717, 1.165) is 18.2 Å². The summed E-state index contributed by atoms with van der Waals surface area (Å²) in [6.45, 7) is 0. The first kappa shape index (κ1) is 11.9. The predicted octanol–water partition coefficient (Wildman–Crippen LogP) is 2.58. The molecule has 1 aromatic rings. The topological polar surface area (TPSA) is 72.6 Å². The van der Waals surface area contributed by atoms with E-state index in [4.69, 9.17) is 0 Å². The molecule has 5 nitrogen and oxygen atoms in total. The summed E-state index contributed by atoms with van der Waals surface area (Å²) in [4.78, 5) is 21.9. The van der Waals surface area contributed by atoms with E-state index in [0.29, 0.717) is 6.07 Å². The summed E-state index contributed by atoms with van der Waals surface area (Å²) in [7, 11) is 0. The van der Waals surface area contributed by atoms with Crippen LogP contribution in [0.2, 0.25) is 0 Å². The second-order valence-electron chi connectivity index (χ2n) is 2.63. The summed E-state index contributed by atoms with van der Waals surface area (Å²) in [6, 6.07) is 2.54. The molecule has 0 aliphatic heterocycles. The van der Waals surface area contributed by atoms with E-state index in [-0.39, 0.29) is 0 Å². The van der Waals surface area contributed by atoms with Crippen LogP contribution in [-0.4, -0.2) is 11.0 Å². The van der Waals surface area contributed by atoms with Crippen LogP contribution in [0, 0.1) is 10.1 Å². The van der Waals surface area contributed by atoms with Crippen LogP contribution in [0.4, 0.5) is 24.5 Å². The van der Waals surface area contributed by atoms with E-state index in [2.05, 4.69) is 4.99 Å². The highest BCUT2D eigenvalue weighted by molar-refractivity contribution is 5.62. The van der Waals surface area contributed by atoms with E-state index in [1.807, 2.05) is 0 Å². The zero-order valence-electron chi connectivity index (χ0n) is 7.49. The molecule has 0 unspecified atom stereocenters. The number of nitrogens with zero attached hydrogens (tertiary/aromatic N) is 2. The molecule has 0 spiro atoms. The van der Waals surface area contributed by atoms with Gasteiger partial charge in [-0.2, -0.15) is 18.2 Å². The first-order valence-corrected chi connectivity index (χ1v) is 3.80. The minimum Gasteiger partial charge on any atom is -0.258 e. The molecule has 0 bridgehead atoms. The largest absolute Gasteiger partial charge is 0.425 e. The Kier molecular flexibility index (Phi) is 3.05. The Balaban J connectivity index is 3.60. The highest BCUT2D eigenvalue weighted by Gasteiger charge is 2.41. The second kappa shape index (κ2) is 4.11.